The van der Waals surface area contributed by atoms with Gasteiger partial charge in [0, 0.05) is 24.6 Å². The first-order chi connectivity index (χ1) is 5.70. The first-order valence-electron chi connectivity index (χ1n) is 4.23. The zero-order chi connectivity index (χ0) is 8.72. The van der Waals surface area contributed by atoms with Crippen LogP contribution >= 0.6 is 0 Å². The minimum atomic E-state index is -0.0125. The van der Waals surface area contributed by atoms with Crippen LogP contribution in [0.1, 0.15) is 19.8 Å². The molecule has 0 aromatic carbocycles. The van der Waals surface area contributed by atoms with Crippen molar-refractivity contribution in [2.45, 2.75) is 25.8 Å². The molecule has 0 aromatic rings. The van der Waals surface area contributed by atoms with Gasteiger partial charge in [-0.25, -0.2) is 0 Å². The molecular formula is C9H11NO2. The normalized spacial score (nSPS) is 34.2. The lowest BCUT2D eigenvalue weighted by molar-refractivity contribution is -0.128. The van der Waals surface area contributed by atoms with E-state index in [0.29, 0.717) is 6.42 Å². The molecule has 3 heteroatoms. The molecule has 0 bridgehead atoms. The molecule has 0 unspecified atom stereocenters. The summed E-state index contributed by atoms with van der Waals surface area (Å²) in [5.74, 6) is 0.281. The summed E-state index contributed by atoms with van der Waals surface area (Å²) >= 11 is 0. The molecule has 0 aromatic heterocycles. The quantitative estimate of drug-likeness (QED) is 0.530. The highest BCUT2D eigenvalue weighted by atomic mass is 16.2. The lowest BCUT2D eigenvalue weighted by Crippen LogP contribution is -2.39. The summed E-state index contributed by atoms with van der Waals surface area (Å²) in [6.07, 6.45) is 4.55. The number of carbonyl (C=O) groups excluding carboxylic acids is 2. The van der Waals surface area contributed by atoms with Crippen molar-refractivity contribution >= 4 is 11.7 Å². The van der Waals surface area contributed by atoms with Crippen LogP contribution < -0.4 is 0 Å². The second kappa shape index (κ2) is 2.44. The van der Waals surface area contributed by atoms with E-state index < -0.39 is 0 Å². The van der Waals surface area contributed by atoms with Gasteiger partial charge in [-0.2, -0.15) is 0 Å². The molecule has 0 saturated carbocycles. The minimum Gasteiger partial charge on any atom is -0.315 e. The standard InChI is InChI=1S/C9H11NO2/c1-6-7-2-3-9(12)10(7)5-4-8(6)11/h4-7H,2-3H2,1H3/t6-,7-/m0/s1. The van der Waals surface area contributed by atoms with Gasteiger partial charge >= 0.3 is 0 Å². The van der Waals surface area contributed by atoms with Crippen LogP contribution in [0.15, 0.2) is 12.3 Å². The Hall–Kier alpha value is -1.12. The van der Waals surface area contributed by atoms with E-state index in [-0.39, 0.29) is 23.7 Å². The van der Waals surface area contributed by atoms with Gasteiger partial charge in [-0.15, -0.1) is 0 Å². The summed E-state index contributed by atoms with van der Waals surface area (Å²) in [6.45, 7) is 1.89. The Labute approximate surface area is 71.0 Å². The van der Waals surface area contributed by atoms with Crippen molar-refractivity contribution < 1.29 is 9.59 Å². The molecule has 1 amide bonds. The van der Waals surface area contributed by atoms with E-state index in [4.69, 9.17) is 0 Å². The van der Waals surface area contributed by atoms with Crippen molar-refractivity contribution in [2.75, 3.05) is 0 Å². The summed E-state index contributed by atoms with van der Waals surface area (Å²) < 4.78 is 0. The van der Waals surface area contributed by atoms with Crippen molar-refractivity contribution in [3.05, 3.63) is 12.3 Å². The molecule has 2 aliphatic heterocycles. The maximum Gasteiger partial charge on any atom is 0.226 e. The van der Waals surface area contributed by atoms with Crippen LogP contribution in [-0.2, 0) is 9.59 Å². The van der Waals surface area contributed by atoms with Gasteiger partial charge in [0.05, 0.1) is 0 Å². The molecule has 0 aliphatic carbocycles. The maximum atomic E-state index is 11.2. The number of allylic oxidation sites excluding steroid dienone is 1. The maximum absolute atomic E-state index is 11.2. The molecule has 1 fully saturated rings. The summed E-state index contributed by atoms with van der Waals surface area (Å²) in [5, 5.41) is 0. The predicted octanol–water partition coefficient (Wildman–Crippen LogP) is 0.710. The van der Waals surface area contributed by atoms with E-state index in [9.17, 15) is 9.59 Å². The van der Waals surface area contributed by atoms with Gasteiger partial charge in [-0.3, -0.25) is 9.59 Å². The molecule has 2 heterocycles. The first-order valence-corrected chi connectivity index (χ1v) is 4.23. The average molecular weight is 165 g/mol. The number of nitrogens with zero attached hydrogens (tertiary/aromatic N) is 1. The van der Waals surface area contributed by atoms with Gasteiger partial charge in [-0.1, -0.05) is 6.92 Å². The lowest BCUT2D eigenvalue weighted by Gasteiger charge is -2.28. The summed E-state index contributed by atoms with van der Waals surface area (Å²) in [6, 6.07) is 0.134. The highest BCUT2D eigenvalue weighted by Gasteiger charge is 2.38. The Bertz CT molecular complexity index is 270. The Morgan fingerprint density at radius 2 is 2.25 bits per heavy atom. The van der Waals surface area contributed by atoms with Crippen LogP contribution in [0, 0.1) is 5.92 Å². The van der Waals surface area contributed by atoms with Crippen LogP contribution in [0.4, 0.5) is 0 Å². The highest BCUT2D eigenvalue weighted by Crippen LogP contribution is 2.28. The van der Waals surface area contributed by atoms with E-state index in [1.807, 2.05) is 6.92 Å². The zero-order valence-electron chi connectivity index (χ0n) is 6.99. The smallest absolute Gasteiger partial charge is 0.226 e. The Kier molecular flexibility index (Phi) is 1.53. The van der Waals surface area contributed by atoms with Crippen LogP contribution in [0.25, 0.3) is 0 Å². The van der Waals surface area contributed by atoms with Crippen molar-refractivity contribution in [2.24, 2.45) is 5.92 Å². The molecule has 0 spiro atoms. The number of carbonyl (C=O) groups is 2. The highest BCUT2D eigenvalue weighted by molar-refractivity contribution is 5.95. The fourth-order valence-electron chi connectivity index (χ4n) is 1.90. The number of amides is 1. The van der Waals surface area contributed by atoms with Crippen molar-refractivity contribution in [1.29, 1.82) is 0 Å². The van der Waals surface area contributed by atoms with Gasteiger partial charge < -0.3 is 4.90 Å². The molecule has 2 aliphatic rings. The third-order valence-electron chi connectivity index (χ3n) is 2.72. The predicted molar refractivity (Wildman–Crippen MR) is 43.2 cm³/mol. The monoisotopic (exact) mass is 165 g/mol. The fraction of sp³-hybridized carbons (Fsp3) is 0.556. The summed E-state index contributed by atoms with van der Waals surface area (Å²) in [4.78, 5) is 24.1. The minimum absolute atomic E-state index is 0.0125. The third kappa shape index (κ3) is 0.891. The van der Waals surface area contributed by atoms with Crippen LogP contribution in [0.5, 0.6) is 0 Å². The molecule has 64 valence electrons. The van der Waals surface area contributed by atoms with E-state index in [1.54, 1.807) is 11.1 Å². The van der Waals surface area contributed by atoms with Crippen LogP contribution in [0.2, 0.25) is 0 Å². The number of ketones is 1. The number of rotatable bonds is 0. The van der Waals surface area contributed by atoms with Gasteiger partial charge in [0.2, 0.25) is 5.91 Å². The van der Waals surface area contributed by atoms with Gasteiger partial charge in [-0.05, 0) is 12.5 Å². The second-order valence-electron chi connectivity index (χ2n) is 3.41. The van der Waals surface area contributed by atoms with E-state index in [2.05, 4.69) is 0 Å². The van der Waals surface area contributed by atoms with Crippen molar-refractivity contribution in [3.8, 4) is 0 Å². The Morgan fingerprint density at radius 3 is 3.00 bits per heavy atom. The Balaban J connectivity index is 2.31. The van der Waals surface area contributed by atoms with Crippen molar-refractivity contribution in [1.82, 2.24) is 4.90 Å². The molecule has 1 saturated heterocycles. The molecule has 0 N–H and O–H groups in total. The van der Waals surface area contributed by atoms with E-state index in [1.165, 1.54) is 6.08 Å². The van der Waals surface area contributed by atoms with Gasteiger partial charge in [0.1, 0.15) is 0 Å². The number of hydrogen-bond acceptors (Lipinski definition) is 2. The van der Waals surface area contributed by atoms with Crippen LogP contribution in [0.3, 0.4) is 0 Å². The molecule has 2 atom stereocenters. The largest absolute Gasteiger partial charge is 0.315 e. The molecule has 0 radical (unpaired) electrons. The Morgan fingerprint density at radius 1 is 1.50 bits per heavy atom. The van der Waals surface area contributed by atoms with E-state index >= 15 is 0 Å². The van der Waals surface area contributed by atoms with E-state index in [0.717, 1.165) is 6.42 Å². The number of fused-ring (bicyclic) bond motifs is 1. The number of hydrogen-bond donors (Lipinski definition) is 0. The second-order valence-corrected chi connectivity index (χ2v) is 3.41. The summed E-state index contributed by atoms with van der Waals surface area (Å²) in [5.41, 5.74) is 0. The summed E-state index contributed by atoms with van der Waals surface area (Å²) in [7, 11) is 0. The fourth-order valence-corrected chi connectivity index (χ4v) is 1.90. The third-order valence-corrected chi connectivity index (χ3v) is 2.72. The first kappa shape index (κ1) is 7.53. The van der Waals surface area contributed by atoms with Crippen molar-refractivity contribution in [3.63, 3.8) is 0 Å². The van der Waals surface area contributed by atoms with Crippen LogP contribution in [-0.4, -0.2) is 22.6 Å². The molecule has 2 rings (SSSR count). The zero-order valence-corrected chi connectivity index (χ0v) is 6.99. The average Bonchev–Trinajstić information content (AvgIpc) is 2.41. The topological polar surface area (TPSA) is 37.4 Å². The molecular weight excluding hydrogens is 154 g/mol. The lowest BCUT2D eigenvalue weighted by atomic mass is 9.93. The molecule has 12 heavy (non-hydrogen) atoms. The van der Waals surface area contributed by atoms with Gasteiger partial charge in [0.15, 0.2) is 5.78 Å². The van der Waals surface area contributed by atoms with Gasteiger partial charge in [0.25, 0.3) is 0 Å². The SMILES string of the molecule is C[C@@H]1C(=O)C=CN2C(=O)CC[C@@H]12. The molecule has 3 nitrogen and oxygen atoms in total.